The number of hydrogen-bond acceptors (Lipinski definition) is 3. The van der Waals surface area contributed by atoms with E-state index in [1.54, 1.807) is 0 Å². The van der Waals surface area contributed by atoms with Crippen LogP contribution in [-0.4, -0.2) is 11.7 Å². The summed E-state index contributed by atoms with van der Waals surface area (Å²) in [7, 11) is 0. The van der Waals surface area contributed by atoms with Crippen molar-refractivity contribution in [3.05, 3.63) is 0 Å². The van der Waals surface area contributed by atoms with Crippen LogP contribution in [0.4, 0.5) is 0 Å². The molecule has 3 heteroatoms. The van der Waals surface area contributed by atoms with Crippen molar-refractivity contribution in [2.24, 2.45) is 23.1 Å². The highest BCUT2D eigenvalue weighted by atomic mass is 15.1. The van der Waals surface area contributed by atoms with Gasteiger partial charge < -0.3 is 17.2 Å². The fourth-order valence-electron chi connectivity index (χ4n) is 1.14. The van der Waals surface area contributed by atoms with Crippen LogP contribution < -0.4 is 17.2 Å². The van der Waals surface area contributed by atoms with Crippen molar-refractivity contribution in [3.8, 4) is 0 Å². The molecule has 1 fully saturated rings. The van der Waals surface area contributed by atoms with E-state index in [0.29, 0.717) is 5.92 Å². The van der Waals surface area contributed by atoms with Gasteiger partial charge in [0.2, 0.25) is 0 Å². The van der Waals surface area contributed by atoms with Gasteiger partial charge in [0.1, 0.15) is 0 Å². The van der Waals surface area contributed by atoms with E-state index < -0.39 is 5.66 Å². The molecule has 3 nitrogen and oxygen atoms in total. The van der Waals surface area contributed by atoms with E-state index in [9.17, 15) is 0 Å². The van der Waals surface area contributed by atoms with Crippen LogP contribution in [0.3, 0.4) is 0 Å². The van der Waals surface area contributed by atoms with Crippen molar-refractivity contribution in [2.75, 3.05) is 0 Å². The van der Waals surface area contributed by atoms with Crippen molar-refractivity contribution in [2.45, 2.75) is 25.0 Å². The summed E-state index contributed by atoms with van der Waals surface area (Å²) in [6.45, 7) is 2.05. The van der Waals surface area contributed by atoms with Gasteiger partial charge in [-0.3, -0.25) is 0 Å². The first-order chi connectivity index (χ1) is 3.60. The Bertz CT molecular complexity index is 99.8. The van der Waals surface area contributed by atoms with Gasteiger partial charge in [-0.15, -0.1) is 0 Å². The SMILES string of the molecule is CCC1C(N)C1(N)N. The van der Waals surface area contributed by atoms with E-state index in [1.165, 1.54) is 0 Å². The van der Waals surface area contributed by atoms with Crippen LogP contribution in [0.1, 0.15) is 13.3 Å². The van der Waals surface area contributed by atoms with E-state index in [-0.39, 0.29) is 6.04 Å². The monoisotopic (exact) mass is 115 g/mol. The number of nitrogens with two attached hydrogens (primary N) is 3. The van der Waals surface area contributed by atoms with Gasteiger partial charge in [-0.1, -0.05) is 6.92 Å². The smallest absolute Gasteiger partial charge is 0.0841 e. The van der Waals surface area contributed by atoms with Gasteiger partial charge >= 0.3 is 0 Å². The zero-order chi connectivity index (χ0) is 6.36. The van der Waals surface area contributed by atoms with E-state index in [0.717, 1.165) is 6.42 Å². The first kappa shape index (κ1) is 6.01. The fourth-order valence-corrected chi connectivity index (χ4v) is 1.14. The zero-order valence-electron chi connectivity index (χ0n) is 5.09. The molecular weight excluding hydrogens is 102 g/mol. The number of rotatable bonds is 1. The van der Waals surface area contributed by atoms with E-state index in [1.807, 2.05) is 6.92 Å². The highest BCUT2D eigenvalue weighted by molar-refractivity contribution is 5.15. The molecular formula is C5H13N3. The first-order valence-corrected chi connectivity index (χ1v) is 2.94. The maximum Gasteiger partial charge on any atom is 0.0841 e. The molecule has 2 unspecified atom stereocenters. The standard InChI is InChI=1S/C5H13N3/c1-2-3-4(6)5(3,7)8/h3-4H,2,6-8H2,1H3. The van der Waals surface area contributed by atoms with Gasteiger partial charge in [0.25, 0.3) is 0 Å². The number of hydrogen-bond donors (Lipinski definition) is 3. The summed E-state index contributed by atoms with van der Waals surface area (Å²) in [5.41, 5.74) is 16.0. The molecule has 0 saturated heterocycles. The molecule has 0 spiro atoms. The van der Waals surface area contributed by atoms with E-state index in [2.05, 4.69) is 0 Å². The molecule has 1 aliphatic carbocycles. The first-order valence-electron chi connectivity index (χ1n) is 2.94. The Morgan fingerprint density at radius 1 is 1.50 bits per heavy atom. The Kier molecular flexibility index (Phi) is 1.08. The third-order valence-corrected chi connectivity index (χ3v) is 1.98. The van der Waals surface area contributed by atoms with Crippen molar-refractivity contribution >= 4 is 0 Å². The summed E-state index contributed by atoms with van der Waals surface area (Å²) < 4.78 is 0. The van der Waals surface area contributed by atoms with E-state index >= 15 is 0 Å². The van der Waals surface area contributed by atoms with Crippen LogP contribution in [0.25, 0.3) is 0 Å². The molecule has 0 bridgehead atoms. The van der Waals surface area contributed by atoms with Crippen LogP contribution in [-0.2, 0) is 0 Å². The van der Waals surface area contributed by atoms with Crippen molar-refractivity contribution in [1.82, 2.24) is 0 Å². The van der Waals surface area contributed by atoms with Gasteiger partial charge in [-0.2, -0.15) is 0 Å². The Morgan fingerprint density at radius 2 is 1.88 bits per heavy atom. The molecule has 0 aromatic heterocycles. The lowest BCUT2D eigenvalue weighted by molar-refractivity contribution is 0.605. The van der Waals surface area contributed by atoms with Gasteiger partial charge in [0.15, 0.2) is 0 Å². The largest absolute Gasteiger partial charge is 0.325 e. The second-order valence-electron chi connectivity index (χ2n) is 2.54. The van der Waals surface area contributed by atoms with Crippen molar-refractivity contribution < 1.29 is 0 Å². The molecule has 0 aliphatic heterocycles. The van der Waals surface area contributed by atoms with Crippen LogP contribution in [0, 0.1) is 5.92 Å². The maximum absolute atomic E-state index is 5.52. The minimum atomic E-state index is -0.547. The highest BCUT2D eigenvalue weighted by Crippen LogP contribution is 2.36. The topological polar surface area (TPSA) is 78.1 Å². The molecule has 1 rings (SSSR count). The molecule has 1 aliphatic rings. The molecule has 0 aromatic rings. The summed E-state index contributed by atoms with van der Waals surface area (Å²) in [6, 6.07) is 0.0347. The van der Waals surface area contributed by atoms with Crippen LogP contribution in [0.2, 0.25) is 0 Å². The summed E-state index contributed by atoms with van der Waals surface area (Å²) >= 11 is 0. The Labute approximate surface area is 49.2 Å². The van der Waals surface area contributed by atoms with Crippen molar-refractivity contribution in [3.63, 3.8) is 0 Å². The molecule has 0 radical (unpaired) electrons. The lowest BCUT2D eigenvalue weighted by Crippen LogP contribution is -2.40. The molecule has 0 amide bonds. The van der Waals surface area contributed by atoms with Crippen LogP contribution >= 0.6 is 0 Å². The fraction of sp³-hybridized carbons (Fsp3) is 1.00. The predicted octanol–water partition coefficient (Wildman–Crippen LogP) is -1.03. The average Bonchev–Trinajstić information content (AvgIpc) is 2.09. The Balaban J connectivity index is 2.45. The molecule has 48 valence electrons. The Morgan fingerprint density at radius 3 is 1.88 bits per heavy atom. The summed E-state index contributed by atoms with van der Waals surface area (Å²) in [6.07, 6.45) is 0.994. The normalized spacial score (nSPS) is 42.0. The lowest BCUT2D eigenvalue weighted by Gasteiger charge is -1.98. The third kappa shape index (κ3) is 0.555. The second-order valence-corrected chi connectivity index (χ2v) is 2.54. The maximum atomic E-state index is 5.52. The molecule has 1 saturated carbocycles. The minimum absolute atomic E-state index is 0.0347. The second kappa shape index (κ2) is 1.43. The lowest BCUT2D eigenvalue weighted by atomic mass is 10.3. The van der Waals surface area contributed by atoms with Crippen LogP contribution in [0.15, 0.2) is 0 Å². The minimum Gasteiger partial charge on any atom is -0.325 e. The molecule has 0 heterocycles. The van der Waals surface area contributed by atoms with Gasteiger partial charge in [0.05, 0.1) is 5.66 Å². The van der Waals surface area contributed by atoms with Crippen LogP contribution in [0.5, 0.6) is 0 Å². The summed E-state index contributed by atoms with van der Waals surface area (Å²) in [4.78, 5) is 0. The molecule has 2 atom stereocenters. The third-order valence-electron chi connectivity index (χ3n) is 1.98. The Hall–Kier alpha value is -0.120. The van der Waals surface area contributed by atoms with Gasteiger partial charge in [0, 0.05) is 12.0 Å². The van der Waals surface area contributed by atoms with E-state index in [4.69, 9.17) is 17.2 Å². The quantitative estimate of drug-likeness (QED) is 0.382. The molecule has 0 aromatic carbocycles. The van der Waals surface area contributed by atoms with Crippen molar-refractivity contribution in [1.29, 1.82) is 0 Å². The predicted molar refractivity (Wildman–Crippen MR) is 32.9 cm³/mol. The summed E-state index contributed by atoms with van der Waals surface area (Å²) in [5, 5.41) is 0. The van der Waals surface area contributed by atoms with Gasteiger partial charge in [-0.05, 0) is 6.42 Å². The average molecular weight is 115 g/mol. The van der Waals surface area contributed by atoms with Gasteiger partial charge in [-0.25, -0.2) is 0 Å². The zero-order valence-corrected chi connectivity index (χ0v) is 5.09. The summed E-state index contributed by atoms with van der Waals surface area (Å²) in [5.74, 6) is 0.350. The molecule has 6 N–H and O–H groups in total. The highest BCUT2D eigenvalue weighted by Gasteiger charge is 2.56. The molecule has 8 heavy (non-hydrogen) atoms.